The molecule has 1 unspecified atom stereocenters. The van der Waals surface area contributed by atoms with Crippen LogP contribution in [0.15, 0.2) is 22.6 Å². The average molecular weight is 316 g/mol. The minimum atomic E-state index is 0.100. The molecule has 17 heavy (non-hydrogen) atoms. The van der Waals surface area contributed by atoms with E-state index in [2.05, 4.69) is 26.1 Å². The van der Waals surface area contributed by atoms with Crippen LogP contribution in [0.4, 0.5) is 0 Å². The summed E-state index contributed by atoms with van der Waals surface area (Å²) < 4.78 is 5.63. The van der Waals surface area contributed by atoms with Crippen LogP contribution in [0.5, 0.6) is 0 Å². The molecule has 0 N–H and O–H groups in total. The molecule has 0 fully saturated rings. The molecular weight excluding hydrogens is 304 g/mol. The van der Waals surface area contributed by atoms with Gasteiger partial charge in [0.05, 0.1) is 4.83 Å². The second-order valence-corrected chi connectivity index (χ2v) is 5.32. The summed E-state index contributed by atoms with van der Waals surface area (Å²) in [6, 6.07) is 5.62. The number of aryl methyl sites for hydroxylation is 1. The average Bonchev–Trinajstić information content (AvgIpc) is 2.80. The second kappa shape index (κ2) is 5.19. The number of hydrogen-bond acceptors (Lipinski definition) is 3. The second-order valence-electron chi connectivity index (χ2n) is 3.78. The lowest BCUT2D eigenvalue weighted by Crippen LogP contribution is -1.86. The van der Waals surface area contributed by atoms with Crippen LogP contribution in [-0.4, -0.2) is 10.2 Å². The first-order chi connectivity index (χ1) is 8.11. The van der Waals surface area contributed by atoms with E-state index in [1.165, 1.54) is 0 Å². The van der Waals surface area contributed by atoms with Crippen molar-refractivity contribution >= 4 is 27.5 Å². The van der Waals surface area contributed by atoms with E-state index in [0.29, 0.717) is 16.8 Å². The first-order valence-corrected chi connectivity index (χ1v) is 6.65. The quantitative estimate of drug-likeness (QED) is 0.780. The lowest BCUT2D eigenvalue weighted by atomic mass is 10.1. The number of aromatic nitrogens is 2. The van der Waals surface area contributed by atoms with Gasteiger partial charge in [0.25, 0.3) is 0 Å². The van der Waals surface area contributed by atoms with Gasteiger partial charge in [-0.15, -0.1) is 10.2 Å². The fourth-order valence-corrected chi connectivity index (χ4v) is 1.83. The Kier molecular flexibility index (Phi) is 3.84. The fourth-order valence-electron chi connectivity index (χ4n) is 1.47. The van der Waals surface area contributed by atoms with Crippen LogP contribution in [0.25, 0.3) is 11.5 Å². The van der Waals surface area contributed by atoms with Crippen molar-refractivity contribution in [2.24, 2.45) is 0 Å². The number of benzene rings is 1. The van der Waals surface area contributed by atoms with E-state index in [4.69, 9.17) is 16.0 Å². The summed E-state index contributed by atoms with van der Waals surface area (Å²) >= 11 is 9.45. The van der Waals surface area contributed by atoms with Gasteiger partial charge in [-0.2, -0.15) is 0 Å². The van der Waals surface area contributed by atoms with Crippen LogP contribution >= 0.6 is 27.5 Å². The summed E-state index contributed by atoms with van der Waals surface area (Å²) in [5, 5.41) is 8.74. The van der Waals surface area contributed by atoms with Gasteiger partial charge in [0, 0.05) is 10.6 Å². The van der Waals surface area contributed by atoms with Crippen molar-refractivity contribution in [1.82, 2.24) is 10.2 Å². The smallest absolute Gasteiger partial charge is 0.248 e. The molecule has 0 amide bonds. The normalized spacial score (nSPS) is 12.7. The first kappa shape index (κ1) is 12.6. The zero-order valence-corrected chi connectivity index (χ0v) is 11.9. The summed E-state index contributed by atoms with van der Waals surface area (Å²) in [6.45, 7) is 4.04. The van der Waals surface area contributed by atoms with Crippen molar-refractivity contribution in [2.45, 2.75) is 25.1 Å². The van der Waals surface area contributed by atoms with E-state index < -0.39 is 0 Å². The van der Waals surface area contributed by atoms with Gasteiger partial charge in [0.15, 0.2) is 0 Å². The summed E-state index contributed by atoms with van der Waals surface area (Å²) in [7, 11) is 0. The molecule has 0 bridgehead atoms. The first-order valence-electron chi connectivity index (χ1n) is 5.35. The van der Waals surface area contributed by atoms with Crippen LogP contribution in [-0.2, 0) is 0 Å². The van der Waals surface area contributed by atoms with Crippen molar-refractivity contribution in [1.29, 1.82) is 0 Å². The van der Waals surface area contributed by atoms with E-state index in [0.717, 1.165) is 17.5 Å². The molecule has 1 aromatic carbocycles. The maximum atomic E-state index is 5.96. The maximum absolute atomic E-state index is 5.96. The van der Waals surface area contributed by atoms with Gasteiger partial charge in [-0.3, -0.25) is 0 Å². The van der Waals surface area contributed by atoms with E-state index in [1.54, 1.807) is 0 Å². The highest BCUT2D eigenvalue weighted by Crippen LogP contribution is 2.30. The highest BCUT2D eigenvalue weighted by atomic mass is 79.9. The fraction of sp³-hybridized carbons (Fsp3) is 0.333. The zero-order chi connectivity index (χ0) is 12.4. The molecule has 0 aliphatic carbocycles. The predicted octanol–water partition coefficient (Wildman–Crippen LogP) is 4.54. The van der Waals surface area contributed by atoms with E-state index in [1.807, 2.05) is 32.0 Å². The van der Waals surface area contributed by atoms with Gasteiger partial charge in [-0.25, -0.2) is 0 Å². The molecule has 0 saturated heterocycles. The zero-order valence-electron chi connectivity index (χ0n) is 9.58. The molecule has 3 nitrogen and oxygen atoms in total. The molecule has 1 aromatic heterocycles. The van der Waals surface area contributed by atoms with Crippen LogP contribution in [0.2, 0.25) is 5.02 Å². The Labute approximate surface area is 113 Å². The largest absolute Gasteiger partial charge is 0.419 e. The highest BCUT2D eigenvalue weighted by molar-refractivity contribution is 9.09. The summed E-state index contributed by atoms with van der Waals surface area (Å²) in [5.41, 5.74) is 1.94. The molecule has 0 aliphatic rings. The van der Waals surface area contributed by atoms with Gasteiger partial charge < -0.3 is 4.42 Å². The SMILES string of the molecule is CCC(Br)c1nnc(-c2cc(Cl)ccc2C)o1. The molecule has 1 atom stereocenters. The molecule has 0 radical (unpaired) electrons. The molecular formula is C12H12BrClN2O. The molecule has 2 aromatic rings. The van der Waals surface area contributed by atoms with Crippen molar-refractivity contribution in [3.63, 3.8) is 0 Å². The monoisotopic (exact) mass is 314 g/mol. The van der Waals surface area contributed by atoms with Crippen molar-refractivity contribution in [2.75, 3.05) is 0 Å². The Bertz CT molecular complexity index is 527. The Morgan fingerprint density at radius 2 is 2.18 bits per heavy atom. The van der Waals surface area contributed by atoms with Gasteiger partial charge in [-0.1, -0.05) is 40.5 Å². The van der Waals surface area contributed by atoms with Crippen LogP contribution in [0, 0.1) is 6.92 Å². The Morgan fingerprint density at radius 3 is 2.88 bits per heavy atom. The standard InChI is InChI=1S/C12H12BrClN2O/c1-3-10(13)12-16-15-11(17-12)9-6-8(14)5-4-7(9)2/h4-6,10H,3H2,1-2H3. The predicted molar refractivity (Wildman–Crippen MR) is 71.4 cm³/mol. The highest BCUT2D eigenvalue weighted by Gasteiger charge is 2.16. The van der Waals surface area contributed by atoms with Gasteiger partial charge in [-0.05, 0) is 31.0 Å². The van der Waals surface area contributed by atoms with Crippen LogP contribution in [0.1, 0.15) is 29.6 Å². The van der Waals surface area contributed by atoms with Crippen molar-refractivity contribution in [3.05, 3.63) is 34.7 Å². The number of alkyl halides is 1. The lowest BCUT2D eigenvalue weighted by molar-refractivity contribution is 0.500. The topological polar surface area (TPSA) is 38.9 Å². The molecule has 1 heterocycles. The summed E-state index contributed by atoms with van der Waals surface area (Å²) in [4.78, 5) is 0.100. The number of rotatable bonds is 3. The lowest BCUT2D eigenvalue weighted by Gasteiger charge is -2.01. The molecule has 2 rings (SSSR count). The molecule has 5 heteroatoms. The van der Waals surface area contributed by atoms with Gasteiger partial charge >= 0.3 is 0 Å². The van der Waals surface area contributed by atoms with Crippen molar-refractivity contribution < 1.29 is 4.42 Å². The Hall–Kier alpha value is -0.870. The summed E-state index contributed by atoms with van der Waals surface area (Å²) in [5.74, 6) is 1.11. The molecule has 0 saturated carbocycles. The Morgan fingerprint density at radius 1 is 1.41 bits per heavy atom. The third kappa shape index (κ3) is 2.69. The third-order valence-electron chi connectivity index (χ3n) is 2.50. The molecule has 90 valence electrons. The summed E-state index contributed by atoms with van der Waals surface area (Å²) in [6.07, 6.45) is 0.899. The van der Waals surface area contributed by atoms with Crippen LogP contribution in [0.3, 0.4) is 0 Å². The number of halogens is 2. The maximum Gasteiger partial charge on any atom is 0.248 e. The van der Waals surface area contributed by atoms with Gasteiger partial charge in [0.2, 0.25) is 11.8 Å². The minimum Gasteiger partial charge on any atom is -0.419 e. The van der Waals surface area contributed by atoms with Crippen LogP contribution < -0.4 is 0 Å². The minimum absolute atomic E-state index is 0.100. The van der Waals surface area contributed by atoms with Crippen molar-refractivity contribution in [3.8, 4) is 11.5 Å². The third-order valence-corrected chi connectivity index (χ3v) is 3.77. The van der Waals surface area contributed by atoms with E-state index in [9.17, 15) is 0 Å². The van der Waals surface area contributed by atoms with Gasteiger partial charge in [0.1, 0.15) is 0 Å². The Balaban J connectivity index is 2.40. The molecule has 0 aliphatic heterocycles. The van der Waals surface area contributed by atoms with E-state index in [-0.39, 0.29) is 4.83 Å². The van der Waals surface area contributed by atoms with E-state index >= 15 is 0 Å². The molecule has 0 spiro atoms. The number of nitrogens with zero attached hydrogens (tertiary/aromatic N) is 2. The number of hydrogen-bond donors (Lipinski definition) is 0.